The van der Waals surface area contributed by atoms with Crippen LogP contribution in [0.2, 0.25) is 0 Å². The summed E-state index contributed by atoms with van der Waals surface area (Å²) in [5.41, 5.74) is 0. The Morgan fingerprint density at radius 3 is 2.78 bits per heavy atom. The first-order valence-corrected chi connectivity index (χ1v) is 10.6. The summed E-state index contributed by atoms with van der Waals surface area (Å²) in [6, 6.07) is 8.98. The predicted octanol–water partition coefficient (Wildman–Crippen LogP) is 4.06. The van der Waals surface area contributed by atoms with E-state index in [9.17, 15) is 4.79 Å². The van der Waals surface area contributed by atoms with Crippen molar-refractivity contribution in [3.63, 3.8) is 0 Å². The third-order valence-electron chi connectivity index (χ3n) is 6.00. The highest BCUT2D eigenvalue weighted by Gasteiger charge is 2.50. The number of carboxylic acid groups (broad SMARTS) is 1. The quantitative estimate of drug-likeness (QED) is 0.413. The molecule has 4 rings (SSSR count). The molecule has 0 amide bonds. The lowest BCUT2D eigenvalue weighted by atomic mass is 9.54. The van der Waals surface area contributed by atoms with Crippen LogP contribution in [-0.2, 0) is 4.79 Å². The van der Waals surface area contributed by atoms with E-state index in [0.29, 0.717) is 24.4 Å². The molecule has 0 saturated heterocycles. The van der Waals surface area contributed by atoms with Gasteiger partial charge in [-0.25, -0.2) is 0 Å². The highest BCUT2D eigenvalue weighted by Crippen LogP contribution is 2.50. The van der Waals surface area contributed by atoms with Crippen molar-refractivity contribution in [1.82, 2.24) is 10.0 Å². The number of carbonyl (C=O) groups is 1. The number of allylic oxidation sites excluding steroid dienone is 1. The molecule has 0 unspecified atom stereocenters. The molecule has 0 aromatic heterocycles. The minimum Gasteiger partial charge on any atom is -0.497 e. The number of fused-ring (bicyclic) bond motifs is 2. The lowest BCUT2D eigenvalue weighted by Gasteiger charge is -2.56. The van der Waals surface area contributed by atoms with E-state index in [2.05, 4.69) is 35.2 Å². The third-order valence-corrected chi connectivity index (χ3v) is 6.93. The molecule has 27 heavy (non-hydrogen) atoms. The molecule has 3 N–H and O–H groups in total. The van der Waals surface area contributed by atoms with Crippen LogP contribution >= 0.6 is 11.9 Å². The predicted molar refractivity (Wildman–Crippen MR) is 109 cm³/mol. The van der Waals surface area contributed by atoms with Gasteiger partial charge in [0.1, 0.15) is 5.75 Å². The van der Waals surface area contributed by atoms with Gasteiger partial charge in [0.2, 0.25) is 0 Å². The molecular formula is C21H30N2O3S. The molecule has 6 heteroatoms. The Bertz CT molecular complexity index is 649. The van der Waals surface area contributed by atoms with Crippen molar-refractivity contribution < 1.29 is 14.6 Å². The maximum absolute atomic E-state index is 10.6. The Morgan fingerprint density at radius 2 is 2.11 bits per heavy atom. The van der Waals surface area contributed by atoms with Crippen LogP contribution in [0.25, 0.3) is 0 Å². The van der Waals surface area contributed by atoms with Crippen LogP contribution in [0.5, 0.6) is 5.75 Å². The summed E-state index contributed by atoms with van der Waals surface area (Å²) in [5, 5.41) is 12.3. The Hall–Kier alpha value is -1.66. The molecule has 1 aromatic rings. The van der Waals surface area contributed by atoms with Gasteiger partial charge in [-0.1, -0.05) is 13.0 Å². The fraction of sp³-hybridized carbons (Fsp3) is 0.571. The summed E-state index contributed by atoms with van der Waals surface area (Å²) in [7, 11) is 1.68. The first-order chi connectivity index (χ1) is 13.1. The van der Waals surface area contributed by atoms with E-state index in [1.54, 1.807) is 19.1 Å². The van der Waals surface area contributed by atoms with Gasteiger partial charge in [0.05, 0.1) is 7.11 Å². The second-order valence-electron chi connectivity index (χ2n) is 7.64. The summed E-state index contributed by atoms with van der Waals surface area (Å²) in [6.45, 7) is 2.37. The molecule has 0 aliphatic heterocycles. The lowest BCUT2D eigenvalue weighted by molar-refractivity contribution is -0.137. The number of hydrogen-bond donors (Lipinski definition) is 3. The fourth-order valence-electron chi connectivity index (χ4n) is 4.27. The van der Waals surface area contributed by atoms with Crippen molar-refractivity contribution in [2.75, 3.05) is 7.11 Å². The third kappa shape index (κ3) is 5.20. The largest absolute Gasteiger partial charge is 0.497 e. The van der Waals surface area contributed by atoms with Gasteiger partial charge < -0.3 is 15.2 Å². The van der Waals surface area contributed by atoms with E-state index in [-0.39, 0.29) is 6.42 Å². The first kappa shape index (κ1) is 20.1. The number of benzene rings is 1. The highest BCUT2D eigenvalue weighted by atomic mass is 32.2. The molecule has 0 radical (unpaired) electrons. The van der Waals surface area contributed by atoms with E-state index in [1.807, 2.05) is 18.3 Å². The van der Waals surface area contributed by atoms with Gasteiger partial charge in [-0.2, -0.15) is 0 Å². The average molecular weight is 391 g/mol. The monoisotopic (exact) mass is 390 g/mol. The maximum Gasteiger partial charge on any atom is 0.303 e. The molecule has 148 valence electrons. The molecule has 3 saturated carbocycles. The Balaban J connectivity index is 1.51. The lowest BCUT2D eigenvalue weighted by Crippen LogP contribution is -2.62. The van der Waals surface area contributed by atoms with Crippen molar-refractivity contribution >= 4 is 17.9 Å². The van der Waals surface area contributed by atoms with Crippen LogP contribution in [0.1, 0.15) is 39.0 Å². The van der Waals surface area contributed by atoms with Gasteiger partial charge in [0, 0.05) is 23.4 Å². The van der Waals surface area contributed by atoms with Crippen LogP contribution < -0.4 is 14.8 Å². The smallest absolute Gasteiger partial charge is 0.303 e. The standard InChI is InChI=1S/C21H30N2O3S/c1-14-15-12-18(14)21(22-11-5-3-4-6-20(24)25)19(13-15)23-27-17-9-7-16(26-2)8-10-17/h5,7-11,14-15,18-19,21-23H,3-4,6,12-13H2,1-2H3,(H,24,25)/b11-5-/t14-,15+,18+,19-,21-/m0/s1. The van der Waals surface area contributed by atoms with E-state index < -0.39 is 5.97 Å². The number of hydrogen-bond acceptors (Lipinski definition) is 5. The fourth-order valence-corrected chi connectivity index (χ4v) is 5.07. The molecule has 1 aromatic carbocycles. The van der Waals surface area contributed by atoms with Crippen molar-refractivity contribution in [3.8, 4) is 5.75 Å². The van der Waals surface area contributed by atoms with E-state index in [1.165, 1.54) is 17.7 Å². The van der Waals surface area contributed by atoms with E-state index in [0.717, 1.165) is 24.0 Å². The van der Waals surface area contributed by atoms with Crippen LogP contribution in [0.3, 0.4) is 0 Å². The first-order valence-electron chi connectivity index (χ1n) is 9.77. The molecule has 5 atom stereocenters. The minimum atomic E-state index is -0.724. The maximum atomic E-state index is 10.6. The van der Waals surface area contributed by atoms with Crippen molar-refractivity contribution in [2.24, 2.45) is 17.8 Å². The number of methoxy groups -OCH3 is 1. The number of aliphatic carboxylic acids is 1. The topological polar surface area (TPSA) is 70.6 Å². The van der Waals surface area contributed by atoms with Gasteiger partial charge in [-0.15, -0.1) is 0 Å². The van der Waals surface area contributed by atoms with Crippen molar-refractivity contribution in [1.29, 1.82) is 0 Å². The zero-order valence-corrected chi connectivity index (χ0v) is 16.9. The second kappa shape index (κ2) is 9.51. The number of nitrogens with one attached hydrogen (secondary N) is 2. The van der Waals surface area contributed by atoms with Gasteiger partial charge >= 0.3 is 5.97 Å². The summed E-state index contributed by atoms with van der Waals surface area (Å²) >= 11 is 1.69. The Kier molecular flexibility index (Phi) is 7.07. The van der Waals surface area contributed by atoms with Gasteiger partial charge in [-0.05, 0) is 85.9 Å². The molecule has 5 nitrogen and oxygen atoms in total. The molecule has 0 heterocycles. The SMILES string of the molecule is COc1ccc(SN[C@H]2C[C@H]3C[C@H]([C@H]3C)[C@@H]2N/C=C\CCCC(=O)O)cc1. The Morgan fingerprint density at radius 1 is 1.33 bits per heavy atom. The van der Waals surface area contributed by atoms with E-state index in [4.69, 9.17) is 9.84 Å². The highest BCUT2D eigenvalue weighted by molar-refractivity contribution is 7.97. The van der Waals surface area contributed by atoms with Crippen LogP contribution in [-0.4, -0.2) is 30.3 Å². The molecule has 3 fully saturated rings. The normalized spacial score (nSPS) is 29.3. The van der Waals surface area contributed by atoms with Crippen LogP contribution in [0.15, 0.2) is 41.4 Å². The van der Waals surface area contributed by atoms with Crippen LogP contribution in [0, 0.1) is 17.8 Å². The van der Waals surface area contributed by atoms with Gasteiger partial charge in [0.25, 0.3) is 0 Å². The summed E-state index contributed by atoms with van der Waals surface area (Å²) in [6.07, 6.45) is 8.33. The van der Waals surface area contributed by atoms with E-state index >= 15 is 0 Å². The van der Waals surface area contributed by atoms with Crippen molar-refractivity contribution in [2.45, 2.75) is 56.0 Å². The van der Waals surface area contributed by atoms with Crippen molar-refractivity contribution in [3.05, 3.63) is 36.5 Å². The molecular weight excluding hydrogens is 360 g/mol. The number of rotatable bonds is 10. The molecule has 2 bridgehead atoms. The summed E-state index contributed by atoms with van der Waals surface area (Å²) in [5.74, 6) is 2.48. The zero-order valence-electron chi connectivity index (χ0n) is 16.1. The number of unbranched alkanes of at least 4 members (excludes halogenated alkanes) is 1. The zero-order chi connectivity index (χ0) is 19.2. The molecule has 3 aliphatic rings. The molecule has 0 spiro atoms. The molecule has 3 aliphatic carbocycles. The Labute approximate surface area is 166 Å². The minimum absolute atomic E-state index is 0.234. The van der Waals surface area contributed by atoms with Crippen LogP contribution in [0.4, 0.5) is 0 Å². The van der Waals surface area contributed by atoms with Gasteiger partial charge in [0.15, 0.2) is 0 Å². The van der Waals surface area contributed by atoms with Gasteiger partial charge in [-0.3, -0.25) is 9.52 Å². The summed E-state index contributed by atoms with van der Waals surface area (Å²) < 4.78 is 8.89. The number of carboxylic acids is 1. The second-order valence-corrected chi connectivity index (χ2v) is 8.55. The summed E-state index contributed by atoms with van der Waals surface area (Å²) in [4.78, 5) is 11.8. The average Bonchev–Trinajstić information content (AvgIpc) is 2.68. The number of ether oxygens (including phenoxy) is 1.